The van der Waals surface area contributed by atoms with Crippen molar-refractivity contribution in [1.82, 2.24) is 0 Å². The minimum Gasteiger partial charge on any atom is -0.493 e. The molecule has 0 fully saturated rings. The average molecular weight is 377 g/mol. The summed E-state index contributed by atoms with van der Waals surface area (Å²) in [4.78, 5) is 12.2. The van der Waals surface area contributed by atoms with Gasteiger partial charge in [0.25, 0.3) is 0 Å². The molecule has 0 spiro atoms. The number of benzene rings is 2. The molecular formula is C19H14Cl2O4. The first-order valence-electron chi connectivity index (χ1n) is 7.35. The van der Waals surface area contributed by atoms with Crippen molar-refractivity contribution >= 4 is 41.0 Å². The van der Waals surface area contributed by atoms with Gasteiger partial charge < -0.3 is 14.2 Å². The van der Waals surface area contributed by atoms with Gasteiger partial charge in [0.2, 0.25) is 0 Å². The second-order valence-electron chi connectivity index (χ2n) is 5.20. The fourth-order valence-corrected chi connectivity index (χ4v) is 2.93. The number of carbonyl (C=O) groups is 1. The minimum atomic E-state index is -0.472. The fraction of sp³-hybridized carbons (Fsp3) is 0.105. The summed E-state index contributed by atoms with van der Waals surface area (Å²) in [5, 5.41) is 0.918. The van der Waals surface area contributed by atoms with Crippen LogP contribution in [0.5, 0.6) is 11.5 Å². The molecule has 4 nitrogen and oxygen atoms in total. The van der Waals surface area contributed by atoms with Gasteiger partial charge in [0.15, 0.2) is 11.5 Å². The average Bonchev–Trinajstić information content (AvgIpc) is 2.98. The maximum atomic E-state index is 12.2. The van der Waals surface area contributed by atoms with Gasteiger partial charge in [-0.15, -0.1) is 0 Å². The Morgan fingerprint density at radius 3 is 2.32 bits per heavy atom. The normalized spacial score (nSPS) is 15.1. The van der Waals surface area contributed by atoms with Gasteiger partial charge in [-0.05, 0) is 42.5 Å². The summed E-state index contributed by atoms with van der Waals surface area (Å²) in [6.07, 6.45) is 3.25. The van der Waals surface area contributed by atoms with Crippen LogP contribution < -0.4 is 9.47 Å². The van der Waals surface area contributed by atoms with E-state index in [4.69, 9.17) is 37.4 Å². The summed E-state index contributed by atoms with van der Waals surface area (Å²) in [5.74, 6) is 1.08. The van der Waals surface area contributed by atoms with E-state index >= 15 is 0 Å². The molecular weight excluding hydrogens is 363 g/mol. The Morgan fingerprint density at radius 2 is 1.68 bits per heavy atom. The highest BCUT2D eigenvalue weighted by atomic mass is 35.5. The Hall–Kier alpha value is -2.43. The van der Waals surface area contributed by atoms with Crippen molar-refractivity contribution in [3.63, 3.8) is 0 Å². The SMILES string of the molecule is COc1ccc(C2=C/C(=C/c3c(Cl)cccc3Cl)C(=O)O2)cc1OC. The van der Waals surface area contributed by atoms with Crippen LogP contribution in [-0.2, 0) is 9.53 Å². The monoisotopic (exact) mass is 376 g/mol. The molecule has 6 heteroatoms. The lowest BCUT2D eigenvalue weighted by Gasteiger charge is -2.09. The summed E-state index contributed by atoms with van der Waals surface area (Å²) in [6.45, 7) is 0. The Labute approximate surface area is 155 Å². The number of hydrogen-bond donors (Lipinski definition) is 0. The zero-order valence-corrected chi connectivity index (χ0v) is 15.0. The zero-order chi connectivity index (χ0) is 18.0. The van der Waals surface area contributed by atoms with E-state index in [-0.39, 0.29) is 0 Å². The quantitative estimate of drug-likeness (QED) is 0.556. The summed E-state index contributed by atoms with van der Waals surface area (Å²) in [6, 6.07) is 10.4. The van der Waals surface area contributed by atoms with Crippen molar-refractivity contribution in [2.45, 2.75) is 0 Å². The molecule has 1 aliphatic rings. The van der Waals surface area contributed by atoms with Gasteiger partial charge in [-0.1, -0.05) is 29.3 Å². The number of carbonyl (C=O) groups excluding carboxylic acids is 1. The molecule has 3 rings (SSSR count). The van der Waals surface area contributed by atoms with E-state index < -0.39 is 5.97 Å². The molecule has 1 aliphatic heterocycles. The number of methoxy groups -OCH3 is 2. The van der Waals surface area contributed by atoms with Crippen molar-refractivity contribution in [3.05, 3.63) is 69.2 Å². The molecule has 0 radical (unpaired) electrons. The molecule has 0 N–H and O–H groups in total. The van der Waals surface area contributed by atoms with Crippen LogP contribution in [0.1, 0.15) is 11.1 Å². The van der Waals surface area contributed by atoms with E-state index in [1.54, 1.807) is 62.8 Å². The Morgan fingerprint density at radius 1 is 1.00 bits per heavy atom. The number of halogens is 2. The second-order valence-corrected chi connectivity index (χ2v) is 6.02. The molecule has 0 atom stereocenters. The van der Waals surface area contributed by atoms with Gasteiger partial charge in [0.05, 0.1) is 19.8 Å². The molecule has 0 aliphatic carbocycles. The standard InChI is InChI=1S/C19H14Cl2O4/c1-23-16-7-6-11(9-18(16)24-2)17-10-12(19(22)25-17)8-13-14(20)4-3-5-15(13)21/h3-10H,1-2H3/b12-8-. The third kappa shape index (κ3) is 3.50. The van der Waals surface area contributed by atoms with Crippen molar-refractivity contribution in [2.24, 2.45) is 0 Å². The van der Waals surface area contributed by atoms with E-state index in [1.807, 2.05) is 0 Å². The second kappa shape index (κ2) is 7.21. The lowest BCUT2D eigenvalue weighted by molar-refractivity contribution is -0.130. The molecule has 128 valence electrons. The van der Waals surface area contributed by atoms with Crippen LogP contribution in [0.25, 0.3) is 11.8 Å². The summed E-state index contributed by atoms with van der Waals surface area (Å²) >= 11 is 12.3. The number of hydrogen-bond acceptors (Lipinski definition) is 4. The number of esters is 1. The highest BCUT2D eigenvalue weighted by molar-refractivity contribution is 6.37. The first-order chi connectivity index (χ1) is 12.0. The predicted octanol–water partition coefficient (Wildman–Crippen LogP) is 4.99. The van der Waals surface area contributed by atoms with Crippen LogP contribution in [-0.4, -0.2) is 20.2 Å². The van der Waals surface area contributed by atoms with E-state index in [1.165, 1.54) is 0 Å². The Balaban J connectivity index is 1.99. The smallest absolute Gasteiger partial charge is 0.343 e. The highest BCUT2D eigenvalue weighted by Gasteiger charge is 2.23. The van der Waals surface area contributed by atoms with Crippen LogP contribution in [0.3, 0.4) is 0 Å². The predicted molar refractivity (Wildman–Crippen MR) is 98.1 cm³/mol. The van der Waals surface area contributed by atoms with Crippen molar-refractivity contribution in [2.75, 3.05) is 14.2 Å². The molecule has 0 saturated carbocycles. The first kappa shape index (κ1) is 17.4. The van der Waals surface area contributed by atoms with Crippen LogP contribution >= 0.6 is 23.2 Å². The summed E-state index contributed by atoms with van der Waals surface area (Å²) in [5.41, 5.74) is 1.63. The molecule has 2 aromatic rings. The van der Waals surface area contributed by atoms with E-state index in [0.29, 0.717) is 44.0 Å². The van der Waals surface area contributed by atoms with E-state index in [0.717, 1.165) is 0 Å². The third-order valence-corrected chi connectivity index (χ3v) is 4.35. The molecule has 0 saturated heterocycles. The molecule has 2 aromatic carbocycles. The molecule has 0 amide bonds. The van der Waals surface area contributed by atoms with E-state index in [9.17, 15) is 4.79 Å². The Kier molecular flexibility index (Phi) is 5.02. The van der Waals surface area contributed by atoms with Gasteiger partial charge >= 0.3 is 5.97 Å². The maximum Gasteiger partial charge on any atom is 0.343 e. The lowest BCUT2D eigenvalue weighted by atomic mass is 10.1. The molecule has 1 heterocycles. The van der Waals surface area contributed by atoms with Crippen LogP contribution in [0.15, 0.2) is 48.0 Å². The fourth-order valence-electron chi connectivity index (χ4n) is 2.42. The maximum absolute atomic E-state index is 12.2. The van der Waals surface area contributed by atoms with Crippen molar-refractivity contribution < 1.29 is 19.0 Å². The molecule has 0 bridgehead atoms. The highest BCUT2D eigenvalue weighted by Crippen LogP contribution is 2.35. The third-order valence-electron chi connectivity index (χ3n) is 3.69. The van der Waals surface area contributed by atoms with Crippen LogP contribution in [0.4, 0.5) is 0 Å². The van der Waals surface area contributed by atoms with Gasteiger partial charge in [-0.25, -0.2) is 4.79 Å². The summed E-state index contributed by atoms with van der Waals surface area (Å²) in [7, 11) is 3.10. The Bertz CT molecular complexity index is 880. The van der Waals surface area contributed by atoms with Gasteiger partial charge in [-0.2, -0.15) is 0 Å². The van der Waals surface area contributed by atoms with Crippen molar-refractivity contribution in [3.8, 4) is 11.5 Å². The van der Waals surface area contributed by atoms with Gasteiger partial charge in [0.1, 0.15) is 5.76 Å². The summed E-state index contributed by atoms with van der Waals surface area (Å²) < 4.78 is 15.8. The largest absolute Gasteiger partial charge is 0.493 e. The van der Waals surface area contributed by atoms with Gasteiger partial charge in [-0.3, -0.25) is 0 Å². The molecule has 25 heavy (non-hydrogen) atoms. The molecule has 0 unspecified atom stereocenters. The zero-order valence-electron chi connectivity index (χ0n) is 13.5. The number of cyclic esters (lactones) is 1. The number of ether oxygens (including phenoxy) is 3. The van der Waals surface area contributed by atoms with Crippen molar-refractivity contribution in [1.29, 1.82) is 0 Å². The van der Waals surface area contributed by atoms with Crippen LogP contribution in [0.2, 0.25) is 10.0 Å². The lowest BCUT2D eigenvalue weighted by Crippen LogP contribution is -1.98. The molecule has 0 aromatic heterocycles. The number of rotatable bonds is 4. The van der Waals surface area contributed by atoms with Gasteiger partial charge in [0, 0.05) is 21.2 Å². The first-order valence-corrected chi connectivity index (χ1v) is 8.11. The van der Waals surface area contributed by atoms with Crippen LogP contribution in [0, 0.1) is 0 Å². The topological polar surface area (TPSA) is 44.8 Å². The minimum absolute atomic E-state index is 0.361. The van der Waals surface area contributed by atoms with E-state index in [2.05, 4.69) is 0 Å².